The highest BCUT2D eigenvalue weighted by Gasteiger charge is 2.42. The van der Waals surface area contributed by atoms with E-state index in [9.17, 15) is 4.79 Å². The second kappa shape index (κ2) is 8.18. The molecule has 0 amide bonds. The van der Waals surface area contributed by atoms with E-state index in [0.717, 1.165) is 18.4 Å². The molecule has 0 bridgehead atoms. The number of hydrogen-bond donors (Lipinski definition) is 0. The lowest BCUT2D eigenvalue weighted by Gasteiger charge is -2.43. The summed E-state index contributed by atoms with van der Waals surface area (Å²) in [6, 6.07) is 0. The normalized spacial score (nSPS) is 24.4. The van der Waals surface area contributed by atoms with Crippen LogP contribution in [0.4, 0.5) is 0 Å². The zero-order valence-electron chi connectivity index (χ0n) is 16.1. The third kappa shape index (κ3) is 3.32. The third-order valence-corrected chi connectivity index (χ3v) is 5.77. The maximum atomic E-state index is 12.7. The Morgan fingerprint density at radius 3 is 2.75 bits per heavy atom. The van der Waals surface area contributed by atoms with Gasteiger partial charge in [0.15, 0.2) is 0 Å². The van der Waals surface area contributed by atoms with E-state index in [2.05, 4.69) is 24.1 Å². The molecule has 0 aromatic rings. The quantitative estimate of drug-likeness (QED) is 0.388. The summed E-state index contributed by atoms with van der Waals surface area (Å²) in [6.45, 7) is 1.64. The van der Waals surface area contributed by atoms with E-state index in [-0.39, 0.29) is 24.4 Å². The fraction of sp³-hybridized carbons (Fsp3) is 0.375. The Labute approximate surface area is 165 Å². The molecule has 0 heterocycles. The van der Waals surface area contributed by atoms with Gasteiger partial charge >= 0.3 is 5.97 Å². The zero-order valence-corrected chi connectivity index (χ0v) is 16.1. The molecule has 4 heteroatoms. The average Bonchev–Trinajstić information content (AvgIpc) is 2.74. The fourth-order valence-electron chi connectivity index (χ4n) is 4.50. The first kappa shape index (κ1) is 18.7. The number of hydrogen-bond acceptors (Lipinski definition) is 4. The SMILES string of the molecule is C#CC1=CC=C2CCC3=C(C(=O)OCCOCCOC)C=CC4=CC=C1[C@H]2C43. The summed E-state index contributed by atoms with van der Waals surface area (Å²) in [7, 11) is 1.63. The largest absolute Gasteiger partial charge is 0.460 e. The van der Waals surface area contributed by atoms with Crippen LogP contribution >= 0.6 is 0 Å². The van der Waals surface area contributed by atoms with E-state index in [1.165, 1.54) is 22.3 Å². The van der Waals surface area contributed by atoms with Gasteiger partial charge in [-0.15, -0.1) is 6.42 Å². The van der Waals surface area contributed by atoms with Crippen molar-refractivity contribution in [2.75, 3.05) is 33.5 Å². The molecule has 0 aromatic carbocycles. The molecule has 0 aromatic heterocycles. The Morgan fingerprint density at radius 2 is 1.93 bits per heavy atom. The van der Waals surface area contributed by atoms with Crippen LogP contribution in [0.1, 0.15) is 12.8 Å². The van der Waals surface area contributed by atoms with Crippen molar-refractivity contribution >= 4 is 5.97 Å². The standard InChI is InChI=1S/C24H24O4/c1-3-16-4-5-17-7-10-20-21(24(25)28-15-14-27-13-12-26-2)11-8-18-6-9-19(16)22(17)23(18)20/h1,4-6,8-9,11,22-23H,7,10,12-15H2,2H3/t22-,23?/m0/s1. The molecular weight excluding hydrogens is 352 g/mol. The van der Waals surface area contributed by atoms with Gasteiger partial charge in [-0.25, -0.2) is 4.79 Å². The van der Waals surface area contributed by atoms with Crippen molar-refractivity contribution in [1.82, 2.24) is 0 Å². The topological polar surface area (TPSA) is 44.8 Å². The van der Waals surface area contributed by atoms with Crippen LogP contribution in [0, 0.1) is 24.2 Å². The highest BCUT2D eigenvalue weighted by atomic mass is 16.6. The number of carbonyl (C=O) groups excluding carboxylic acids is 1. The lowest BCUT2D eigenvalue weighted by molar-refractivity contribution is -0.140. The van der Waals surface area contributed by atoms with Gasteiger partial charge in [0.2, 0.25) is 0 Å². The van der Waals surface area contributed by atoms with E-state index >= 15 is 0 Å². The van der Waals surface area contributed by atoms with Crippen molar-refractivity contribution in [3.05, 3.63) is 69.9 Å². The maximum Gasteiger partial charge on any atom is 0.338 e. The highest BCUT2D eigenvalue weighted by molar-refractivity contribution is 5.94. The van der Waals surface area contributed by atoms with Gasteiger partial charge in [0.05, 0.1) is 25.4 Å². The Kier molecular flexibility index (Phi) is 5.47. The van der Waals surface area contributed by atoms with Crippen molar-refractivity contribution in [2.45, 2.75) is 12.8 Å². The lowest BCUT2D eigenvalue weighted by Crippen LogP contribution is -2.33. The van der Waals surface area contributed by atoms with E-state index in [0.29, 0.717) is 25.4 Å². The summed E-state index contributed by atoms with van der Waals surface area (Å²) in [5.41, 5.74) is 6.64. The molecule has 4 aliphatic rings. The first-order valence-corrected chi connectivity index (χ1v) is 9.69. The van der Waals surface area contributed by atoms with E-state index < -0.39 is 0 Å². The van der Waals surface area contributed by atoms with Crippen LogP contribution in [-0.4, -0.2) is 39.5 Å². The van der Waals surface area contributed by atoms with Crippen molar-refractivity contribution < 1.29 is 19.0 Å². The second-order valence-corrected chi connectivity index (χ2v) is 7.22. The second-order valence-electron chi connectivity index (χ2n) is 7.22. The van der Waals surface area contributed by atoms with Crippen LogP contribution in [0.15, 0.2) is 69.9 Å². The molecule has 0 N–H and O–H groups in total. The minimum atomic E-state index is -0.271. The molecule has 1 unspecified atom stereocenters. The Hall–Kier alpha value is -2.61. The first-order chi connectivity index (χ1) is 13.7. The van der Waals surface area contributed by atoms with Crippen LogP contribution < -0.4 is 0 Å². The van der Waals surface area contributed by atoms with Crippen molar-refractivity contribution in [3.8, 4) is 12.3 Å². The zero-order chi connectivity index (χ0) is 19.5. The van der Waals surface area contributed by atoms with Gasteiger partial charge in [-0.3, -0.25) is 0 Å². The molecule has 28 heavy (non-hydrogen) atoms. The Bertz CT molecular complexity index is 901. The molecule has 1 saturated carbocycles. The van der Waals surface area contributed by atoms with E-state index in [1.807, 2.05) is 18.2 Å². The minimum absolute atomic E-state index is 0.183. The van der Waals surface area contributed by atoms with Crippen molar-refractivity contribution in [1.29, 1.82) is 0 Å². The summed E-state index contributed by atoms with van der Waals surface area (Å²) in [5, 5.41) is 0. The fourth-order valence-corrected chi connectivity index (χ4v) is 4.50. The Morgan fingerprint density at radius 1 is 1.07 bits per heavy atom. The van der Waals surface area contributed by atoms with Gasteiger partial charge < -0.3 is 14.2 Å². The predicted octanol–water partition coefficient (Wildman–Crippen LogP) is 3.45. The van der Waals surface area contributed by atoms with Crippen LogP contribution in [0.3, 0.4) is 0 Å². The summed E-state index contributed by atoms with van der Waals surface area (Å²) >= 11 is 0. The molecule has 144 valence electrons. The molecule has 2 atom stereocenters. The number of methoxy groups -OCH3 is 1. The van der Waals surface area contributed by atoms with Crippen molar-refractivity contribution in [2.24, 2.45) is 11.8 Å². The Balaban J connectivity index is 1.52. The predicted molar refractivity (Wildman–Crippen MR) is 107 cm³/mol. The summed E-state index contributed by atoms with van der Waals surface area (Å²) < 4.78 is 15.8. The lowest BCUT2D eigenvalue weighted by atomic mass is 9.60. The van der Waals surface area contributed by atoms with Gasteiger partial charge in [-0.05, 0) is 41.7 Å². The molecule has 4 aliphatic carbocycles. The van der Waals surface area contributed by atoms with Crippen molar-refractivity contribution in [3.63, 3.8) is 0 Å². The number of terminal acetylenes is 1. The van der Waals surface area contributed by atoms with Gasteiger partial charge in [-0.1, -0.05) is 35.8 Å². The van der Waals surface area contributed by atoms with E-state index in [4.69, 9.17) is 20.6 Å². The molecule has 0 radical (unpaired) electrons. The summed E-state index contributed by atoms with van der Waals surface area (Å²) in [6.07, 6.45) is 20.0. The van der Waals surface area contributed by atoms with Crippen LogP contribution in [0.5, 0.6) is 0 Å². The number of allylic oxidation sites excluding steroid dienone is 10. The summed E-state index contributed by atoms with van der Waals surface area (Å²) in [5.74, 6) is 2.96. The molecule has 0 aliphatic heterocycles. The summed E-state index contributed by atoms with van der Waals surface area (Å²) in [4.78, 5) is 12.7. The third-order valence-electron chi connectivity index (χ3n) is 5.77. The molecule has 4 nitrogen and oxygen atoms in total. The smallest absolute Gasteiger partial charge is 0.338 e. The molecule has 1 fully saturated rings. The van der Waals surface area contributed by atoms with Gasteiger partial charge in [0, 0.05) is 24.5 Å². The number of rotatable bonds is 7. The monoisotopic (exact) mass is 376 g/mol. The maximum absolute atomic E-state index is 12.7. The van der Waals surface area contributed by atoms with Crippen LogP contribution in [-0.2, 0) is 19.0 Å². The molecule has 0 saturated heterocycles. The first-order valence-electron chi connectivity index (χ1n) is 9.69. The van der Waals surface area contributed by atoms with Crippen LogP contribution in [0.2, 0.25) is 0 Å². The van der Waals surface area contributed by atoms with Gasteiger partial charge in [0.25, 0.3) is 0 Å². The average molecular weight is 376 g/mol. The number of ether oxygens (including phenoxy) is 3. The number of esters is 1. The molecular formula is C24H24O4. The van der Waals surface area contributed by atoms with Gasteiger partial charge in [0.1, 0.15) is 6.61 Å². The molecule has 0 spiro atoms. The number of carbonyl (C=O) groups is 1. The van der Waals surface area contributed by atoms with E-state index in [1.54, 1.807) is 7.11 Å². The van der Waals surface area contributed by atoms with Gasteiger partial charge in [-0.2, -0.15) is 0 Å². The van der Waals surface area contributed by atoms with Crippen LogP contribution in [0.25, 0.3) is 0 Å². The highest BCUT2D eigenvalue weighted by Crippen LogP contribution is 2.53. The molecule has 4 rings (SSSR count). The minimum Gasteiger partial charge on any atom is -0.460 e.